The third-order valence-corrected chi connectivity index (χ3v) is 3.53. The zero-order chi connectivity index (χ0) is 13.8. The normalized spacial score (nSPS) is 10.0. The smallest absolute Gasteiger partial charge is 0.340 e. The van der Waals surface area contributed by atoms with E-state index in [2.05, 4.69) is 27.9 Å². The van der Waals surface area contributed by atoms with Crippen LogP contribution in [0.4, 0.5) is 17.1 Å². The van der Waals surface area contributed by atoms with E-state index in [-0.39, 0.29) is 0 Å². The van der Waals surface area contributed by atoms with Crippen molar-refractivity contribution in [2.75, 3.05) is 18.2 Å². The highest BCUT2D eigenvalue weighted by Crippen LogP contribution is 2.26. The molecule has 4 nitrogen and oxygen atoms in total. The molecule has 0 atom stereocenters. The fraction of sp³-hybridized carbons (Fsp3) is 0.0714. The van der Waals surface area contributed by atoms with Crippen LogP contribution in [-0.4, -0.2) is 13.1 Å². The zero-order valence-electron chi connectivity index (χ0n) is 10.3. The van der Waals surface area contributed by atoms with Gasteiger partial charge in [-0.3, -0.25) is 0 Å². The van der Waals surface area contributed by atoms with Crippen molar-refractivity contribution in [3.63, 3.8) is 0 Å². The van der Waals surface area contributed by atoms with Gasteiger partial charge in [-0.05, 0) is 52.9 Å². The van der Waals surface area contributed by atoms with E-state index in [0.717, 1.165) is 9.26 Å². The second kappa shape index (κ2) is 5.92. The molecule has 0 aliphatic carbocycles. The van der Waals surface area contributed by atoms with Crippen LogP contribution >= 0.6 is 22.6 Å². The highest BCUT2D eigenvalue weighted by Gasteiger charge is 2.13. The number of methoxy groups -OCH3 is 1. The lowest BCUT2D eigenvalue weighted by Crippen LogP contribution is -2.07. The van der Waals surface area contributed by atoms with Crippen LogP contribution in [0.2, 0.25) is 0 Å². The van der Waals surface area contributed by atoms with Crippen LogP contribution in [-0.2, 0) is 4.74 Å². The third-order valence-electron chi connectivity index (χ3n) is 2.59. The predicted molar refractivity (Wildman–Crippen MR) is 84.6 cm³/mol. The first kappa shape index (κ1) is 13.7. The number of anilines is 3. The molecular formula is C14H13IN2O2. The van der Waals surface area contributed by atoms with Gasteiger partial charge in [0.25, 0.3) is 0 Å². The quantitative estimate of drug-likeness (QED) is 0.495. The molecule has 3 N–H and O–H groups in total. The minimum atomic E-state index is -0.416. The summed E-state index contributed by atoms with van der Waals surface area (Å²) >= 11 is 2.23. The van der Waals surface area contributed by atoms with Crippen molar-refractivity contribution >= 4 is 45.6 Å². The number of rotatable bonds is 3. The fourth-order valence-corrected chi connectivity index (χ4v) is 2.18. The Kier molecular flexibility index (Phi) is 4.26. The largest absolute Gasteiger partial charge is 0.465 e. The van der Waals surface area contributed by atoms with Crippen molar-refractivity contribution in [3.8, 4) is 0 Å². The summed E-state index contributed by atoms with van der Waals surface area (Å²) in [5.74, 6) is -0.416. The first-order valence-corrected chi connectivity index (χ1v) is 6.69. The Morgan fingerprint density at radius 3 is 2.63 bits per heavy atom. The Morgan fingerprint density at radius 2 is 1.95 bits per heavy atom. The summed E-state index contributed by atoms with van der Waals surface area (Å²) < 4.78 is 5.83. The fourth-order valence-electron chi connectivity index (χ4n) is 1.66. The van der Waals surface area contributed by atoms with Crippen molar-refractivity contribution in [2.45, 2.75) is 0 Å². The predicted octanol–water partition coefficient (Wildman–Crippen LogP) is 3.40. The zero-order valence-corrected chi connectivity index (χ0v) is 12.5. The monoisotopic (exact) mass is 368 g/mol. The summed E-state index contributed by atoms with van der Waals surface area (Å²) in [6, 6.07) is 12.9. The van der Waals surface area contributed by atoms with Crippen LogP contribution in [0.15, 0.2) is 42.5 Å². The van der Waals surface area contributed by atoms with Gasteiger partial charge in [0.15, 0.2) is 0 Å². The number of benzene rings is 2. The Balaban J connectivity index is 2.40. The number of hydrogen-bond acceptors (Lipinski definition) is 4. The molecule has 0 fully saturated rings. The number of nitrogens with two attached hydrogens (primary N) is 1. The number of nitrogens with one attached hydrogen (secondary N) is 1. The third kappa shape index (κ3) is 3.17. The van der Waals surface area contributed by atoms with E-state index in [1.807, 2.05) is 24.3 Å². The Morgan fingerprint density at radius 1 is 1.21 bits per heavy atom. The van der Waals surface area contributed by atoms with Crippen molar-refractivity contribution < 1.29 is 9.53 Å². The summed E-state index contributed by atoms with van der Waals surface area (Å²) in [4.78, 5) is 11.7. The second-order valence-corrected chi connectivity index (χ2v) is 5.06. The van der Waals surface area contributed by atoms with E-state index in [4.69, 9.17) is 10.5 Å². The summed E-state index contributed by atoms with van der Waals surface area (Å²) in [5.41, 5.74) is 8.25. The molecule has 2 rings (SSSR count). The molecule has 2 aromatic rings. The van der Waals surface area contributed by atoms with Crippen LogP contribution in [0.5, 0.6) is 0 Å². The van der Waals surface area contributed by atoms with Gasteiger partial charge < -0.3 is 15.8 Å². The average Bonchev–Trinajstić information content (AvgIpc) is 2.42. The van der Waals surface area contributed by atoms with Gasteiger partial charge in [-0.25, -0.2) is 4.79 Å². The highest BCUT2D eigenvalue weighted by molar-refractivity contribution is 14.1. The first-order valence-electron chi connectivity index (χ1n) is 5.61. The molecule has 0 unspecified atom stereocenters. The topological polar surface area (TPSA) is 64.3 Å². The summed E-state index contributed by atoms with van der Waals surface area (Å²) in [6.07, 6.45) is 0. The van der Waals surface area contributed by atoms with Gasteiger partial charge in [0.1, 0.15) is 0 Å². The molecular weight excluding hydrogens is 355 g/mol. The van der Waals surface area contributed by atoms with Crippen LogP contribution in [0.25, 0.3) is 0 Å². The molecule has 0 saturated carbocycles. The van der Waals surface area contributed by atoms with Crippen molar-refractivity contribution in [1.82, 2.24) is 0 Å². The van der Waals surface area contributed by atoms with Crippen molar-refractivity contribution in [3.05, 3.63) is 51.6 Å². The van der Waals surface area contributed by atoms with Gasteiger partial charge in [0.05, 0.1) is 24.0 Å². The minimum absolute atomic E-state index is 0.416. The molecule has 0 spiro atoms. The molecule has 0 bridgehead atoms. The maximum Gasteiger partial charge on any atom is 0.340 e. The highest BCUT2D eigenvalue weighted by atomic mass is 127. The number of carbonyl (C=O) groups is 1. The molecule has 98 valence electrons. The lowest BCUT2D eigenvalue weighted by molar-refractivity contribution is 0.0602. The van der Waals surface area contributed by atoms with Gasteiger partial charge in [0, 0.05) is 9.26 Å². The Labute approximate surface area is 125 Å². The van der Waals surface area contributed by atoms with E-state index < -0.39 is 5.97 Å². The first-order chi connectivity index (χ1) is 9.11. The molecule has 0 aliphatic heterocycles. The summed E-state index contributed by atoms with van der Waals surface area (Å²) in [6.45, 7) is 0. The molecule has 0 radical (unpaired) electrons. The van der Waals surface area contributed by atoms with Crippen LogP contribution in [0.1, 0.15) is 10.4 Å². The average molecular weight is 368 g/mol. The number of esters is 1. The molecule has 2 aromatic carbocycles. The van der Waals surface area contributed by atoms with Gasteiger partial charge in [-0.1, -0.05) is 12.1 Å². The maximum absolute atomic E-state index is 11.7. The molecule has 0 aromatic heterocycles. The minimum Gasteiger partial charge on any atom is -0.465 e. The number of ether oxygens (including phenoxy) is 1. The Hall–Kier alpha value is -1.76. The van der Waals surface area contributed by atoms with E-state index in [1.165, 1.54) is 7.11 Å². The lowest BCUT2D eigenvalue weighted by atomic mass is 10.1. The SMILES string of the molecule is COC(=O)c1cc(N)ccc1Nc1ccccc1I. The molecule has 0 heterocycles. The second-order valence-electron chi connectivity index (χ2n) is 3.90. The van der Waals surface area contributed by atoms with E-state index in [9.17, 15) is 4.79 Å². The molecule has 0 aliphatic rings. The standard InChI is InChI=1S/C14H13IN2O2/c1-19-14(18)10-8-9(16)6-7-12(10)17-13-5-3-2-4-11(13)15/h2-8,17H,16H2,1H3. The Bertz CT molecular complexity index is 614. The lowest BCUT2D eigenvalue weighted by Gasteiger charge is -2.12. The molecule has 19 heavy (non-hydrogen) atoms. The van der Waals surface area contributed by atoms with Crippen LogP contribution in [0.3, 0.4) is 0 Å². The summed E-state index contributed by atoms with van der Waals surface area (Å²) in [7, 11) is 1.35. The maximum atomic E-state index is 11.7. The van der Waals surface area contributed by atoms with E-state index in [0.29, 0.717) is 16.9 Å². The van der Waals surface area contributed by atoms with Gasteiger partial charge in [-0.15, -0.1) is 0 Å². The van der Waals surface area contributed by atoms with Gasteiger partial charge >= 0.3 is 5.97 Å². The number of para-hydroxylation sites is 1. The number of carbonyl (C=O) groups excluding carboxylic acids is 1. The number of hydrogen-bond donors (Lipinski definition) is 2. The van der Waals surface area contributed by atoms with Crippen molar-refractivity contribution in [2.24, 2.45) is 0 Å². The van der Waals surface area contributed by atoms with Crippen LogP contribution in [0, 0.1) is 3.57 Å². The van der Waals surface area contributed by atoms with Crippen LogP contribution < -0.4 is 11.1 Å². The van der Waals surface area contributed by atoms with Gasteiger partial charge in [-0.2, -0.15) is 0 Å². The summed E-state index contributed by atoms with van der Waals surface area (Å²) in [5, 5.41) is 3.22. The molecule has 5 heteroatoms. The number of nitrogen functional groups attached to an aromatic ring is 1. The van der Waals surface area contributed by atoms with Gasteiger partial charge in [0.2, 0.25) is 0 Å². The van der Waals surface area contributed by atoms with Crippen molar-refractivity contribution in [1.29, 1.82) is 0 Å². The van der Waals surface area contributed by atoms with E-state index >= 15 is 0 Å². The molecule has 0 amide bonds. The van der Waals surface area contributed by atoms with E-state index in [1.54, 1.807) is 18.2 Å². The number of halogens is 1. The molecule has 0 saturated heterocycles.